The lowest BCUT2D eigenvalue weighted by molar-refractivity contribution is -0.234. The number of hydrogen-bond donors (Lipinski definition) is 2. The number of allylic oxidation sites excluding steroid dienone is 2. The molecule has 0 spiro atoms. The zero-order chi connectivity index (χ0) is 21.1. The maximum absolute atomic E-state index is 13.3. The number of rotatable bonds is 4. The molecule has 0 amide bonds. The molecule has 0 aromatic heterocycles. The van der Waals surface area contributed by atoms with E-state index in [1.54, 1.807) is 6.08 Å². The highest BCUT2D eigenvalue weighted by molar-refractivity contribution is 6.26. The van der Waals surface area contributed by atoms with Crippen molar-refractivity contribution in [1.82, 2.24) is 0 Å². The number of aliphatic hydroxyl groups excluding tert-OH is 1. The van der Waals surface area contributed by atoms with Gasteiger partial charge in [0.1, 0.15) is 23.7 Å². The molecule has 6 heteroatoms. The van der Waals surface area contributed by atoms with Crippen molar-refractivity contribution in [3.05, 3.63) is 24.8 Å². The number of ketones is 1. The van der Waals surface area contributed by atoms with E-state index in [2.05, 4.69) is 13.2 Å². The molecular formula is C22H31ClO5. The second kappa shape index (κ2) is 6.96. The minimum absolute atomic E-state index is 0.0871. The van der Waals surface area contributed by atoms with Gasteiger partial charge in [-0.15, -0.1) is 11.6 Å². The van der Waals surface area contributed by atoms with Gasteiger partial charge in [0, 0.05) is 10.8 Å². The van der Waals surface area contributed by atoms with Crippen molar-refractivity contribution in [2.45, 2.75) is 64.3 Å². The molecule has 8 atom stereocenters. The first-order valence-electron chi connectivity index (χ1n) is 10.0. The molecule has 1 unspecified atom stereocenters. The molecule has 0 saturated heterocycles. The summed E-state index contributed by atoms with van der Waals surface area (Å²) in [7, 11) is 0. The zero-order valence-corrected chi connectivity index (χ0v) is 17.7. The molecule has 3 aliphatic rings. The van der Waals surface area contributed by atoms with Crippen molar-refractivity contribution < 1.29 is 24.5 Å². The Morgan fingerprint density at radius 1 is 1.43 bits per heavy atom. The Labute approximate surface area is 171 Å². The van der Waals surface area contributed by atoms with E-state index < -0.39 is 40.4 Å². The van der Waals surface area contributed by atoms with Gasteiger partial charge in [0.05, 0.1) is 0 Å². The summed E-state index contributed by atoms with van der Waals surface area (Å²) in [5, 5.41) is 22.7. The van der Waals surface area contributed by atoms with Crippen LogP contribution < -0.4 is 0 Å². The second-order valence-corrected chi connectivity index (χ2v) is 9.46. The van der Waals surface area contributed by atoms with Gasteiger partial charge in [-0.05, 0) is 43.4 Å². The molecule has 0 radical (unpaired) electrons. The van der Waals surface area contributed by atoms with Gasteiger partial charge in [0.15, 0.2) is 5.78 Å². The molecule has 0 aliphatic heterocycles. The molecule has 0 aromatic rings. The smallest absolute Gasteiger partial charge is 0.321 e. The van der Waals surface area contributed by atoms with E-state index in [-0.39, 0.29) is 30.1 Å². The first-order valence-corrected chi connectivity index (χ1v) is 10.6. The Morgan fingerprint density at radius 2 is 2.07 bits per heavy atom. The minimum atomic E-state index is -1.79. The fraction of sp³-hybridized carbons (Fsp3) is 0.727. The lowest BCUT2D eigenvalue weighted by Gasteiger charge is -2.60. The third kappa shape index (κ3) is 2.45. The normalized spacial score (nSPS) is 47.8. The average Bonchev–Trinajstić information content (AvgIpc) is 2.87. The van der Waals surface area contributed by atoms with Crippen LogP contribution in [0.4, 0.5) is 0 Å². The van der Waals surface area contributed by atoms with E-state index in [9.17, 15) is 19.8 Å². The van der Waals surface area contributed by atoms with E-state index in [4.69, 9.17) is 16.3 Å². The topological polar surface area (TPSA) is 83.8 Å². The van der Waals surface area contributed by atoms with E-state index in [1.165, 1.54) is 0 Å². The summed E-state index contributed by atoms with van der Waals surface area (Å²) in [6.45, 7) is 13.8. The SMILES string of the molecule is C=CC(=C)[C@@H]1C[C@@H](OC(=O)CCl)[C@]2(C)C(C)CC[C@]3(C[C@H](O)C(=O)[C@]32O)[C@H]1C. The van der Waals surface area contributed by atoms with Gasteiger partial charge in [-0.2, -0.15) is 0 Å². The fourth-order valence-electron chi connectivity index (χ4n) is 6.63. The molecular weight excluding hydrogens is 380 g/mol. The van der Waals surface area contributed by atoms with Gasteiger partial charge in [-0.3, -0.25) is 9.59 Å². The number of alkyl halides is 1. The number of carbonyl (C=O) groups excluding carboxylic acids is 2. The van der Waals surface area contributed by atoms with Crippen LogP contribution in [-0.2, 0) is 14.3 Å². The quantitative estimate of drug-likeness (QED) is 0.423. The lowest BCUT2D eigenvalue weighted by atomic mass is 9.46. The monoisotopic (exact) mass is 410 g/mol. The minimum Gasteiger partial charge on any atom is -0.461 e. The van der Waals surface area contributed by atoms with Crippen LogP contribution in [0, 0.1) is 28.6 Å². The summed E-state index contributed by atoms with van der Waals surface area (Å²) in [5.74, 6) is -1.80. The molecule has 28 heavy (non-hydrogen) atoms. The zero-order valence-electron chi connectivity index (χ0n) is 16.9. The van der Waals surface area contributed by atoms with E-state index in [0.29, 0.717) is 12.8 Å². The third-order valence-corrected chi connectivity index (χ3v) is 8.72. The van der Waals surface area contributed by atoms with Gasteiger partial charge >= 0.3 is 5.97 Å². The molecule has 3 aliphatic carbocycles. The third-order valence-electron chi connectivity index (χ3n) is 8.50. The Morgan fingerprint density at radius 3 is 2.64 bits per heavy atom. The van der Waals surface area contributed by atoms with Crippen molar-refractivity contribution in [2.24, 2.45) is 28.6 Å². The van der Waals surface area contributed by atoms with Crippen molar-refractivity contribution in [3.63, 3.8) is 0 Å². The maximum atomic E-state index is 13.3. The Kier molecular flexibility index (Phi) is 5.35. The van der Waals surface area contributed by atoms with Crippen molar-refractivity contribution in [2.75, 3.05) is 5.88 Å². The summed E-state index contributed by atoms with van der Waals surface area (Å²) >= 11 is 5.70. The first kappa shape index (κ1) is 21.5. The molecule has 156 valence electrons. The van der Waals surface area contributed by atoms with Crippen LogP contribution in [0.1, 0.15) is 46.5 Å². The van der Waals surface area contributed by atoms with Gasteiger partial charge in [-0.1, -0.05) is 45.6 Å². The van der Waals surface area contributed by atoms with Gasteiger partial charge < -0.3 is 14.9 Å². The average molecular weight is 411 g/mol. The second-order valence-electron chi connectivity index (χ2n) is 9.20. The Bertz CT molecular complexity index is 720. The number of carbonyl (C=O) groups is 2. The van der Waals surface area contributed by atoms with E-state index >= 15 is 0 Å². The predicted molar refractivity (Wildman–Crippen MR) is 107 cm³/mol. The number of ether oxygens (including phenoxy) is 1. The standard InChI is InChI=1S/C22H31ClO5/c1-6-12(2)15-9-17(28-18(25)11-23)20(5)13(3)7-8-21(14(15)4)10-16(24)19(26)22(20,21)27/h6,13-17,24,27H,1-2,7-11H2,3-5H3/t13?,14-,15-,16-,17+,20-,21-,22+/m0/s1. The van der Waals surface area contributed by atoms with Crippen LogP contribution in [0.15, 0.2) is 24.8 Å². The molecule has 3 rings (SSSR count). The van der Waals surface area contributed by atoms with Crippen LogP contribution in [0.2, 0.25) is 0 Å². The molecule has 2 bridgehead atoms. The van der Waals surface area contributed by atoms with E-state index in [1.807, 2.05) is 20.8 Å². The van der Waals surface area contributed by atoms with Crippen LogP contribution in [-0.4, -0.2) is 45.7 Å². The highest BCUT2D eigenvalue weighted by Crippen LogP contribution is 2.70. The van der Waals surface area contributed by atoms with Gasteiger partial charge in [-0.25, -0.2) is 0 Å². The lowest BCUT2D eigenvalue weighted by Crippen LogP contribution is -2.69. The summed E-state index contributed by atoms with van der Waals surface area (Å²) in [5.41, 5.74) is -2.84. The van der Waals surface area contributed by atoms with Crippen molar-refractivity contribution in [1.29, 1.82) is 0 Å². The van der Waals surface area contributed by atoms with Crippen molar-refractivity contribution in [3.8, 4) is 0 Å². The van der Waals surface area contributed by atoms with Crippen LogP contribution >= 0.6 is 11.6 Å². The van der Waals surface area contributed by atoms with Gasteiger partial charge in [0.25, 0.3) is 0 Å². The molecule has 0 aromatic carbocycles. The number of halogens is 1. The number of hydrogen-bond acceptors (Lipinski definition) is 5. The number of Topliss-reactive ketones (excluding diaryl/α,β-unsaturated/α-hetero) is 1. The van der Waals surface area contributed by atoms with Crippen LogP contribution in [0.5, 0.6) is 0 Å². The molecule has 0 heterocycles. The maximum Gasteiger partial charge on any atom is 0.321 e. The Hall–Kier alpha value is -1.17. The highest BCUT2D eigenvalue weighted by atomic mass is 35.5. The Balaban J connectivity index is 2.28. The van der Waals surface area contributed by atoms with Gasteiger partial charge in [0.2, 0.25) is 0 Å². The number of esters is 1. The number of aliphatic hydroxyl groups is 2. The van der Waals surface area contributed by atoms with Crippen LogP contribution in [0.25, 0.3) is 0 Å². The molecule has 3 saturated carbocycles. The highest BCUT2D eigenvalue weighted by Gasteiger charge is 2.78. The predicted octanol–water partition coefficient (Wildman–Crippen LogP) is 3.02. The summed E-state index contributed by atoms with van der Waals surface area (Å²) in [6, 6.07) is 0. The fourth-order valence-corrected chi connectivity index (χ4v) is 6.69. The summed E-state index contributed by atoms with van der Waals surface area (Å²) in [4.78, 5) is 25.4. The van der Waals surface area contributed by atoms with E-state index in [0.717, 1.165) is 12.0 Å². The van der Waals surface area contributed by atoms with Crippen molar-refractivity contribution >= 4 is 23.4 Å². The molecule has 5 nitrogen and oxygen atoms in total. The summed E-state index contributed by atoms with van der Waals surface area (Å²) < 4.78 is 5.77. The largest absolute Gasteiger partial charge is 0.461 e. The molecule has 2 N–H and O–H groups in total. The molecule has 3 fully saturated rings. The first-order chi connectivity index (χ1) is 13.0. The summed E-state index contributed by atoms with van der Waals surface area (Å²) in [6.07, 6.45) is 1.78. The van der Waals surface area contributed by atoms with Crippen LogP contribution in [0.3, 0.4) is 0 Å².